The van der Waals surface area contributed by atoms with E-state index in [1.54, 1.807) is 22.7 Å². The van der Waals surface area contributed by atoms with Crippen LogP contribution in [0.5, 0.6) is 0 Å². The zero-order valence-corrected chi connectivity index (χ0v) is 11.6. The summed E-state index contributed by atoms with van der Waals surface area (Å²) in [6.07, 6.45) is 6.00. The lowest BCUT2D eigenvalue weighted by Gasteiger charge is -2.05. The van der Waals surface area contributed by atoms with Crippen molar-refractivity contribution in [2.45, 2.75) is 0 Å². The molecule has 0 saturated heterocycles. The van der Waals surface area contributed by atoms with Gasteiger partial charge in [-0.2, -0.15) is 0 Å². The molecule has 4 aromatic heterocycles. The summed E-state index contributed by atoms with van der Waals surface area (Å²) in [6, 6.07) is 10.7. The summed E-state index contributed by atoms with van der Waals surface area (Å²) in [4.78, 5) is 7.01. The molecule has 0 aliphatic heterocycles. The smallest absolute Gasteiger partial charge is 0.145 e. The van der Waals surface area contributed by atoms with Crippen LogP contribution in [0.25, 0.3) is 26.5 Å². The van der Waals surface area contributed by atoms with Crippen molar-refractivity contribution >= 4 is 28.3 Å². The minimum absolute atomic E-state index is 1.02. The van der Waals surface area contributed by atoms with Crippen LogP contribution in [0.3, 0.4) is 0 Å². The van der Waals surface area contributed by atoms with Gasteiger partial charge in [-0.1, -0.05) is 12.1 Å². The second kappa shape index (κ2) is 4.33. The molecule has 0 aromatic carbocycles. The first-order valence-electron chi connectivity index (χ1n) is 5.96. The Balaban J connectivity index is 2.03. The fourth-order valence-corrected chi connectivity index (χ4v) is 3.67. The molecule has 0 aliphatic rings. The Kier molecular flexibility index (Phi) is 2.50. The molecule has 0 fully saturated rings. The first kappa shape index (κ1) is 11.0. The van der Waals surface area contributed by atoms with Gasteiger partial charge in [0.1, 0.15) is 5.65 Å². The maximum atomic E-state index is 4.47. The fourth-order valence-electron chi connectivity index (χ4n) is 2.22. The van der Waals surface area contributed by atoms with Crippen LogP contribution in [0.1, 0.15) is 0 Å². The average molecular weight is 282 g/mol. The molecule has 0 unspecified atom stereocenters. The van der Waals surface area contributed by atoms with Crippen molar-refractivity contribution in [3.63, 3.8) is 0 Å². The van der Waals surface area contributed by atoms with Crippen molar-refractivity contribution in [3.8, 4) is 20.9 Å². The van der Waals surface area contributed by atoms with Gasteiger partial charge >= 0.3 is 0 Å². The predicted octanol–water partition coefficient (Wildman–Crippen LogP) is 4.79. The van der Waals surface area contributed by atoms with Crippen LogP contribution < -0.4 is 0 Å². The maximum absolute atomic E-state index is 4.47. The molecule has 4 heteroatoms. The van der Waals surface area contributed by atoms with Gasteiger partial charge in [0, 0.05) is 39.5 Å². The van der Waals surface area contributed by atoms with E-state index in [2.05, 4.69) is 56.7 Å². The van der Waals surface area contributed by atoms with E-state index >= 15 is 0 Å². The summed E-state index contributed by atoms with van der Waals surface area (Å²) in [5.41, 5.74) is 3.46. The molecule has 4 aromatic rings. The number of nitrogens with zero attached hydrogens (tertiary/aromatic N) is 2. The Bertz CT molecular complexity index is 811. The van der Waals surface area contributed by atoms with E-state index in [4.69, 9.17) is 0 Å². The van der Waals surface area contributed by atoms with Gasteiger partial charge in [0.15, 0.2) is 0 Å². The molecule has 0 bridgehead atoms. The van der Waals surface area contributed by atoms with Crippen LogP contribution in [-0.2, 0) is 0 Å². The highest BCUT2D eigenvalue weighted by Gasteiger charge is 2.10. The van der Waals surface area contributed by atoms with Gasteiger partial charge in [0.05, 0.1) is 0 Å². The summed E-state index contributed by atoms with van der Waals surface area (Å²) in [5.74, 6) is 0. The van der Waals surface area contributed by atoms with E-state index in [1.807, 2.05) is 12.4 Å². The predicted molar refractivity (Wildman–Crippen MR) is 81.8 cm³/mol. The summed E-state index contributed by atoms with van der Waals surface area (Å²) < 4.78 is 2.10. The van der Waals surface area contributed by atoms with Gasteiger partial charge < -0.3 is 4.40 Å². The lowest BCUT2D eigenvalue weighted by molar-refractivity contribution is 1.19. The van der Waals surface area contributed by atoms with Gasteiger partial charge in [-0.3, -0.25) is 0 Å². The fraction of sp³-hybridized carbons (Fsp3) is 0. The zero-order chi connectivity index (χ0) is 12.7. The van der Waals surface area contributed by atoms with Crippen molar-refractivity contribution in [1.29, 1.82) is 0 Å². The first-order valence-corrected chi connectivity index (χ1v) is 7.72. The summed E-state index contributed by atoms with van der Waals surface area (Å²) in [6.45, 7) is 0. The molecule has 0 atom stereocenters. The van der Waals surface area contributed by atoms with Gasteiger partial charge in [-0.15, -0.1) is 22.7 Å². The first-order chi connectivity index (χ1) is 9.42. The van der Waals surface area contributed by atoms with Gasteiger partial charge in [0.2, 0.25) is 0 Å². The van der Waals surface area contributed by atoms with Crippen molar-refractivity contribution < 1.29 is 0 Å². The van der Waals surface area contributed by atoms with Crippen molar-refractivity contribution in [1.82, 2.24) is 9.38 Å². The standard InChI is InChI=1S/C15H10N2S2/c1-3-13(18-7-1)11-9-12(14-4-2-8-19-14)15-16-5-6-17(15)10-11/h1-10H. The normalized spacial score (nSPS) is 11.2. The number of rotatable bonds is 2. The molecule has 0 N–H and O–H groups in total. The topological polar surface area (TPSA) is 17.3 Å². The highest BCUT2D eigenvalue weighted by molar-refractivity contribution is 7.14. The zero-order valence-electron chi connectivity index (χ0n) is 9.98. The summed E-state index contributed by atoms with van der Waals surface area (Å²) in [7, 11) is 0. The van der Waals surface area contributed by atoms with Crippen LogP contribution in [0.15, 0.2) is 59.7 Å². The minimum atomic E-state index is 1.02. The van der Waals surface area contributed by atoms with Crippen molar-refractivity contribution in [3.05, 3.63) is 59.7 Å². The molecular weight excluding hydrogens is 272 g/mol. The second-order valence-electron chi connectivity index (χ2n) is 4.26. The molecule has 2 nitrogen and oxygen atoms in total. The number of hydrogen-bond acceptors (Lipinski definition) is 3. The van der Waals surface area contributed by atoms with Crippen LogP contribution in [0.2, 0.25) is 0 Å². The number of aromatic nitrogens is 2. The minimum Gasteiger partial charge on any atom is -0.306 e. The van der Waals surface area contributed by atoms with Crippen LogP contribution >= 0.6 is 22.7 Å². The van der Waals surface area contributed by atoms with E-state index in [9.17, 15) is 0 Å². The van der Waals surface area contributed by atoms with E-state index in [0.29, 0.717) is 0 Å². The molecule has 0 amide bonds. The molecule has 4 heterocycles. The number of thiophene rings is 2. The Morgan fingerprint density at radius 1 is 1.00 bits per heavy atom. The van der Waals surface area contributed by atoms with Crippen molar-refractivity contribution in [2.75, 3.05) is 0 Å². The summed E-state index contributed by atoms with van der Waals surface area (Å²) in [5, 5.41) is 4.21. The van der Waals surface area contributed by atoms with Gasteiger partial charge in [-0.25, -0.2) is 4.98 Å². The van der Waals surface area contributed by atoms with Crippen LogP contribution in [0, 0.1) is 0 Å². The Hall–Kier alpha value is -1.91. The van der Waals surface area contributed by atoms with Crippen LogP contribution in [0.4, 0.5) is 0 Å². The molecule has 92 valence electrons. The lowest BCUT2D eigenvalue weighted by Crippen LogP contribution is -1.88. The molecule has 0 aliphatic carbocycles. The monoisotopic (exact) mass is 282 g/mol. The average Bonchev–Trinajstić information content (AvgIpc) is 3.18. The van der Waals surface area contributed by atoms with E-state index in [-0.39, 0.29) is 0 Å². The summed E-state index contributed by atoms with van der Waals surface area (Å²) >= 11 is 3.51. The van der Waals surface area contributed by atoms with Crippen molar-refractivity contribution in [2.24, 2.45) is 0 Å². The Labute approximate surface area is 118 Å². The third kappa shape index (κ3) is 1.80. The van der Waals surface area contributed by atoms with E-state index in [0.717, 1.165) is 5.65 Å². The number of pyridine rings is 1. The SMILES string of the molecule is c1csc(-c2cc(-c3cccs3)c3nccn3c2)c1. The second-order valence-corrected chi connectivity index (χ2v) is 6.15. The van der Waals surface area contributed by atoms with Crippen LogP contribution in [-0.4, -0.2) is 9.38 Å². The molecule has 0 radical (unpaired) electrons. The third-order valence-corrected chi connectivity index (χ3v) is 4.90. The Morgan fingerprint density at radius 2 is 1.79 bits per heavy atom. The van der Waals surface area contributed by atoms with E-state index < -0.39 is 0 Å². The Morgan fingerprint density at radius 3 is 2.53 bits per heavy atom. The van der Waals surface area contributed by atoms with E-state index in [1.165, 1.54) is 20.9 Å². The number of fused-ring (bicyclic) bond motifs is 1. The van der Waals surface area contributed by atoms with Gasteiger partial charge in [0.25, 0.3) is 0 Å². The quantitative estimate of drug-likeness (QED) is 0.516. The third-order valence-electron chi connectivity index (χ3n) is 3.08. The molecule has 0 saturated carbocycles. The molecular formula is C15H10N2S2. The largest absolute Gasteiger partial charge is 0.306 e. The number of imidazole rings is 1. The highest BCUT2D eigenvalue weighted by Crippen LogP contribution is 2.33. The maximum Gasteiger partial charge on any atom is 0.145 e. The molecule has 0 spiro atoms. The molecule has 4 rings (SSSR count). The van der Waals surface area contributed by atoms with Gasteiger partial charge in [-0.05, 0) is 29.0 Å². The highest BCUT2D eigenvalue weighted by atomic mass is 32.1. The lowest BCUT2D eigenvalue weighted by atomic mass is 10.1. The molecule has 19 heavy (non-hydrogen) atoms. The number of hydrogen-bond donors (Lipinski definition) is 0.